The number of methoxy groups -OCH3 is 1. The summed E-state index contributed by atoms with van der Waals surface area (Å²) in [6.45, 7) is 12.4. The molecule has 1 aromatic rings. The van der Waals surface area contributed by atoms with Gasteiger partial charge in [0.2, 0.25) is 0 Å². The Hall–Kier alpha value is -2.75. The lowest BCUT2D eigenvalue weighted by Gasteiger charge is -2.28. The number of esters is 1. The maximum absolute atomic E-state index is 12.4. The number of hydrogen-bond acceptors (Lipinski definition) is 5. The van der Waals surface area contributed by atoms with E-state index in [1.807, 2.05) is 13.8 Å². The van der Waals surface area contributed by atoms with Crippen molar-refractivity contribution in [3.8, 4) is 5.75 Å². The molecule has 1 aromatic carbocycles. The van der Waals surface area contributed by atoms with Gasteiger partial charge >= 0.3 is 18.8 Å². The van der Waals surface area contributed by atoms with Crippen LogP contribution in [0.3, 0.4) is 0 Å². The minimum Gasteiger partial charge on any atom is -0.468 e. The second-order valence-electron chi connectivity index (χ2n) is 5.85. The first-order valence-corrected chi connectivity index (χ1v) is 7.95. The minimum absolute atomic E-state index is 0.0507. The molecular weight excluding hydrogens is 324 g/mol. The lowest BCUT2D eigenvalue weighted by Crippen LogP contribution is -2.39. The first-order chi connectivity index (χ1) is 11.9. The number of amides is 1. The minimum atomic E-state index is -0.570. The zero-order valence-electron chi connectivity index (χ0n) is 15.0. The molecule has 0 aliphatic heterocycles. The van der Waals surface area contributed by atoms with E-state index in [-0.39, 0.29) is 25.8 Å². The average molecular weight is 348 g/mol. The van der Waals surface area contributed by atoms with Gasteiger partial charge in [-0.15, -0.1) is 0 Å². The molecule has 0 spiro atoms. The third-order valence-corrected chi connectivity index (χ3v) is 3.43. The number of benzene rings is 1. The smallest absolute Gasteiger partial charge is 0.410 e. The van der Waals surface area contributed by atoms with E-state index in [1.165, 1.54) is 12.0 Å². The summed E-state index contributed by atoms with van der Waals surface area (Å²) in [6, 6.07) is 6.60. The van der Waals surface area contributed by atoms with Crippen molar-refractivity contribution >= 4 is 12.1 Å². The Balaban J connectivity index is 2.90. The first-order valence-electron chi connectivity index (χ1n) is 7.95. The summed E-state index contributed by atoms with van der Waals surface area (Å²) in [5.41, 5.74) is 0.806. The van der Waals surface area contributed by atoms with Gasteiger partial charge in [0.05, 0.1) is 19.8 Å². The maximum atomic E-state index is 12.4. The SMILES string of the molecule is [C-]#[N+]COc1ccc([C@@H](C)N(CC(=O)OC)C(=O)OCC(C)C)cc1. The number of rotatable bonds is 8. The summed E-state index contributed by atoms with van der Waals surface area (Å²) in [7, 11) is 1.27. The van der Waals surface area contributed by atoms with E-state index in [4.69, 9.17) is 16.0 Å². The third-order valence-electron chi connectivity index (χ3n) is 3.43. The van der Waals surface area contributed by atoms with Gasteiger partial charge in [-0.2, -0.15) is 0 Å². The Morgan fingerprint density at radius 2 is 1.84 bits per heavy atom. The summed E-state index contributed by atoms with van der Waals surface area (Å²) in [5, 5.41) is 0. The summed E-state index contributed by atoms with van der Waals surface area (Å²) in [4.78, 5) is 28.5. The van der Waals surface area contributed by atoms with E-state index < -0.39 is 18.1 Å². The number of carbonyl (C=O) groups excluding carboxylic acids is 2. The molecule has 0 N–H and O–H groups in total. The Morgan fingerprint density at radius 1 is 1.20 bits per heavy atom. The monoisotopic (exact) mass is 348 g/mol. The van der Waals surface area contributed by atoms with Crippen LogP contribution in [-0.2, 0) is 14.3 Å². The van der Waals surface area contributed by atoms with Crippen LogP contribution in [-0.4, -0.2) is 44.0 Å². The van der Waals surface area contributed by atoms with Crippen molar-refractivity contribution in [3.63, 3.8) is 0 Å². The van der Waals surface area contributed by atoms with Crippen molar-refractivity contribution in [2.45, 2.75) is 26.8 Å². The normalized spacial score (nSPS) is 11.4. The van der Waals surface area contributed by atoms with E-state index in [0.717, 1.165) is 5.56 Å². The Bertz CT molecular complexity index is 607. The van der Waals surface area contributed by atoms with E-state index in [1.54, 1.807) is 31.2 Å². The van der Waals surface area contributed by atoms with Gasteiger partial charge in [-0.1, -0.05) is 26.0 Å². The fraction of sp³-hybridized carbons (Fsp3) is 0.500. The van der Waals surface area contributed by atoms with Crippen molar-refractivity contribution in [2.24, 2.45) is 5.92 Å². The number of nitrogens with zero attached hydrogens (tertiary/aromatic N) is 2. The van der Waals surface area contributed by atoms with Gasteiger partial charge in [0.1, 0.15) is 12.3 Å². The molecule has 136 valence electrons. The predicted molar refractivity (Wildman–Crippen MR) is 91.9 cm³/mol. The van der Waals surface area contributed by atoms with Gasteiger partial charge in [0, 0.05) is 0 Å². The lowest BCUT2D eigenvalue weighted by molar-refractivity contribution is -0.142. The van der Waals surface area contributed by atoms with Gasteiger partial charge in [0.25, 0.3) is 0 Å². The molecule has 0 aromatic heterocycles. The van der Waals surface area contributed by atoms with Gasteiger partial charge < -0.3 is 14.2 Å². The fourth-order valence-corrected chi connectivity index (χ4v) is 2.01. The highest BCUT2D eigenvalue weighted by atomic mass is 16.6. The highest BCUT2D eigenvalue weighted by Gasteiger charge is 2.26. The van der Waals surface area contributed by atoms with E-state index in [9.17, 15) is 9.59 Å². The van der Waals surface area contributed by atoms with Gasteiger partial charge in [-0.25, -0.2) is 11.4 Å². The van der Waals surface area contributed by atoms with Crippen molar-refractivity contribution in [2.75, 3.05) is 27.0 Å². The summed E-state index contributed by atoms with van der Waals surface area (Å²) in [6.07, 6.45) is -0.570. The van der Waals surface area contributed by atoms with Crippen molar-refractivity contribution in [3.05, 3.63) is 41.2 Å². The first kappa shape index (κ1) is 20.3. The number of carbonyl (C=O) groups is 2. The molecule has 0 saturated heterocycles. The summed E-state index contributed by atoms with van der Waals surface area (Å²) >= 11 is 0. The quantitative estimate of drug-likeness (QED) is 0.533. The van der Waals surface area contributed by atoms with Crippen LogP contribution in [0, 0.1) is 12.5 Å². The van der Waals surface area contributed by atoms with E-state index in [0.29, 0.717) is 5.75 Å². The van der Waals surface area contributed by atoms with Crippen LogP contribution in [0.15, 0.2) is 24.3 Å². The standard InChI is InChI=1S/C18H24N2O5/c1-13(2)11-24-18(22)20(10-17(21)23-5)14(3)15-6-8-16(9-7-15)25-12-19-4/h6-9,13-14H,10-12H2,1-3,5H3/t14-/m1/s1. The fourth-order valence-electron chi connectivity index (χ4n) is 2.01. The van der Waals surface area contributed by atoms with Crippen molar-refractivity contribution in [1.29, 1.82) is 0 Å². The number of ether oxygens (including phenoxy) is 3. The van der Waals surface area contributed by atoms with Crippen LogP contribution < -0.4 is 4.74 Å². The molecule has 7 nitrogen and oxygen atoms in total. The molecule has 1 rings (SSSR count). The molecule has 25 heavy (non-hydrogen) atoms. The second-order valence-corrected chi connectivity index (χ2v) is 5.85. The molecule has 0 radical (unpaired) electrons. The lowest BCUT2D eigenvalue weighted by atomic mass is 10.1. The average Bonchev–Trinajstić information content (AvgIpc) is 2.62. The molecule has 0 unspecified atom stereocenters. The van der Waals surface area contributed by atoms with E-state index >= 15 is 0 Å². The molecule has 0 aliphatic rings. The molecule has 0 heterocycles. The summed E-state index contributed by atoms with van der Waals surface area (Å²) < 4.78 is 15.1. The Labute approximate surface area is 148 Å². The molecule has 1 amide bonds. The zero-order valence-corrected chi connectivity index (χ0v) is 15.0. The second kappa shape index (κ2) is 10.2. The highest BCUT2D eigenvalue weighted by molar-refractivity contribution is 5.78. The molecule has 0 bridgehead atoms. The Morgan fingerprint density at radius 3 is 2.36 bits per heavy atom. The predicted octanol–water partition coefficient (Wildman–Crippen LogP) is 3.27. The maximum Gasteiger partial charge on any atom is 0.410 e. The molecule has 0 fully saturated rings. The Kier molecular flexibility index (Phi) is 8.27. The van der Waals surface area contributed by atoms with Crippen LogP contribution in [0.4, 0.5) is 4.79 Å². The highest BCUT2D eigenvalue weighted by Crippen LogP contribution is 2.23. The van der Waals surface area contributed by atoms with Crippen molar-refractivity contribution in [1.82, 2.24) is 4.90 Å². The van der Waals surface area contributed by atoms with Crippen LogP contribution in [0.5, 0.6) is 5.75 Å². The van der Waals surface area contributed by atoms with Gasteiger partial charge in [-0.3, -0.25) is 14.5 Å². The largest absolute Gasteiger partial charge is 0.468 e. The van der Waals surface area contributed by atoms with Gasteiger partial charge in [-0.05, 0) is 30.5 Å². The molecule has 7 heteroatoms. The van der Waals surface area contributed by atoms with Crippen LogP contribution >= 0.6 is 0 Å². The topological polar surface area (TPSA) is 69.4 Å². The van der Waals surface area contributed by atoms with Crippen LogP contribution in [0.2, 0.25) is 0 Å². The number of hydrogen-bond donors (Lipinski definition) is 0. The molecule has 0 saturated carbocycles. The van der Waals surface area contributed by atoms with Crippen LogP contribution in [0.25, 0.3) is 4.85 Å². The molecule has 1 atom stereocenters. The molecule has 0 aliphatic carbocycles. The summed E-state index contributed by atoms with van der Waals surface area (Å²) in [5.74, 6) is 0.234. The van der Waals surface area contributed by atoms with E-state index in [2.05, 4.69) is 9.58 Å². The van der Waals surface area contributed by atoms with Crippen LogP contribution in [0.1, 0.15) is 32.4 Å². The molecular formula is C18H24N2O5. The third kappa shape index (κ3) is 6.71. The zero-order chi connectivity index (χ0) is 18.8. The van der Waals surface area contributed by atoms with Gasteiger partial charge in [0.15, 0.2) is 0 Å². The van der Waals surface area contributed by atoms with Crippen molar-refractivity contribution < 1.29 is 23.8 Å².